The van der Waals surface area contributed by atoms with Gasteiger partial charge in [-0.1, -0.05) is 0 Å². The fourth-order valence-corrected chi connectivity index (χ4v) is 6.19. The number of aliphatic imine (C=N–C) groups is 1. The van der Waals surface area contributed by atoms with Crippen molar-refractivity contribution in [1.82, 2.24) is 14.3 Å². The predicted molar refractivity (Wildman–Crippen MR) is 118 cm³/mol. The summed E-state index contributed by atoms with van der Waals surface area (Å²) in [6.07, 6.45) is 5.11. The molecule has 0 aromatic carbocycles. The standard InChI is InChI=1S/C20H20FN5OS2/c1-20(12-29(3,27)26(2)19(22)25-20)18-15(21)10-17(28-18)13-6-8-24-16(9-13)14-5-4-7-23-11-14/h4-11H,3,12H2,1-2H3,(H2,22,25)/t20-,29?/m0/s1. The fraction of sp³-hybridized carbons (Fsp3) is 0.200. The minimum atomic E-state index is -2.68. The Hall–Kier alpha value is -2.78. The molecule has 2 atom stereocenters. The molecule has 0 saturated heterocycles. The van der Waals surface area contributed by atoms with E-state index < -0.39 is 21.1 Å². The molecule has 0 radical (unpaired) electrons. The van der Waals surface area contributed by atoms with E-state index in [1.807, 2.05) is 24.3 Å². The Bertz CT molecular complexity index is 1210. The van der Waals surface area contributed by atoms with Crippen LogP contribution in [0, 0.1) is 5.82 Å². The second kappa shape index (κ2) is 6.93. The number of guanidine groups is 1. The average molecular weight is 430 g/mol. The molecule has 0 bridgehead atoms. The molecule has 1 aliphatic rings. The average Bonchev–Trinajstić information content (AvgIpc) is 3.09. The first-order chi connectivity index (χ1) is 13.7. The first-order valence-corrected chi connectivity index (χ1v) is 11.5. The number of rotatable bonds is 3. The zero-order chi connectivity index (χ0) is 20.8. The van der Waals surface area contributed by atoms with Crippen LogP contribution in [0.4, 0.5) is 4.39 Å². The van der Waals surface area contributed by atoms with Crippen molar-refractivity contribution in [3.63, 3.8) is 0 Å². The molecule has 150 valence electrons. The van der Waals surface area contributed by atoms with Crippen molar-refractivity contribution in [2.45, 2.75) is 12.5 Å². The molecule has 29 heavy (non-hydrogen) atoms. The lowest BCUT2D eigenvalue weighted by Gasteiger charge is -2.36. The van der Waals surface area contributed by atoms with Crippen LogP contribution in [0.3, 0.4) is 0 Å². The lowest BCUT2D eigenvalue weighted by molar-refractivity contribution is 0.493. The molecule has 1 unspecified atom stereocenters. The molecule has 3 aromatic rings. The summed E-state index contributed by atoms with van der Waals surface area (Å²) in [5.41, 5.74) is 7.36. The maximum absolute atomic E-state index is 15.0. The maximum Gasteiger partial charge on any atom is 0.203 e. The monoisotopic (exact) mass is 429 g/mol. The van der Waals surface area contributed by atoms with Crippen LogP contribution in [0.5, 0.6) is 0 Å². The number of hydrogen-bond acceptors (Lipinski definition) is 6. The molecule has 1 aliphatic heterocycles. The molecule has 2 N–H and O–H groups in total. The van der Waals surface area contributed by atoms with E-state index in [-0.39, 0.29) is 11.7 Å². The van der Waals surface area contributed by atoms with Gasteiger partial charge in [-0.05, 0) is 48.7 Å². The van der Waals surface area contributed by atoms with E-state index in [2.05, 4.69) is 20.8 Å². The third-order valence-corrected chi connectivity index (χ3v) is 8.48. The van der Waals surface area contributed by atoms with Gasteiger partial charge in [-0.2, -0.15) is 0 Å². The Balaban J connectivity index is 1.77. The van der Waals surface area contributed by atoms with E-state index in [1.54, 1.807) is 32.6 Å². The molecule has 4 rings (SSSR count). The number of thiophene rings is 1. The van der Waals surface area contributed by atoms with Crippen molar-refractivity contribution in [2.24, 2.45) is 10.7 Å². The Morgan fingerprint density at radius 2 is 2.10 bits per heavy atom. The van der Waals surface area contributed by atoms with Gasteiger partial charge in [0.15, 0.2) is 0 Å². The van der Waals surface area contributed by atoms with Gasteiger partial charge in [0, 0.05) is 36.1 Å². The smallest absolute Gasteiger partial charge is 0.203 e. The van der Waals surface area contributed by atoms with Crippen molar-refractivity contribution in [2.75, 3.05) is 12.8 Å². The van der Waals surface area contributed by atoms with Gasteiger partial charge in [0.2, 0.25) is 5.96 Å². The number of nitrogens with zero attached hydrogens (tertiary/aromatic N) is 4. The third-order valence-electron chi connectivity index (χ3n) is 4.87. The van der Waals surface area contributed by atoms with E-state index in [9.17, 15) is 8.60 Å². The molecule has 0 saturated carbocycles. The van der Waals surface area contributed by atoms with Gasteiger partial charge in [-0.15, -0.1) is 11.3 Å². The van der Waals surface area contributed by atoms with Crippen LogP contribution >= 0.6 is 11.3 Å². The second-order valence-corrected chi connectivity index (χ2v) is 10.6. The van der Waals surface area contributed by atoms with Crippen molar-refractivity contribution in [3.8, 4) is 21.7 Å². The van der Waals surface area contributed by atoms with Gasteiger partial charge >= 0.3 is 0 Å². The summed E-state index contributed by atoms with van der Waals surface area (Å²) >= 11 is 1.27. The number of aromatic nitrogens is 2. The number of pyridine rings is 2. The van der Waals surface area contributed by atoms with Gasteiger partial charge in [0.05, 0.1) is 26.0 Å². The van der Waals surface area contributed by atoms with Crippen molar-refractivity contribution >= 4 is 32.9 Å². The minimum absolute atomic E-state index is 0.0886. The van der Waals surface area contributed by atoms with E-state index >= 15 is 0 Å². The van der Waals surface area contributed by atoms with Gasteiger partial charge < -0.3 is 5.73 Å². The third kappa shape index (κ3) is 3.51. The largest absolute Gasteiger partial charge is 0.369 e. The second-order valence-electron chi connectivity index (χ2n) is 7.12. The highest BCUT2D eigenvalue weighted by Gasteiger charge is 2.40. The predicted octanol–water partition coefficient (Wildman–Crippen LogP) is 3.12. The van der Waals surface area contributed by atoms with E-state index in [0.717, 1.165) is 21.7 Å². The summed E-state index contributed by atoms with van der Waals surface area (Å²) in [4.78, 5) is 14.1. The lowest BCUT2D eigenvalue weighted by atomic mass is 10.0. The zero-order valence-electron chi connectivity index (χ0n) is 16.0. The van der Waals surface area contributed by atoms with Crippen molar-refractivity contribution < 1.29 is 8.60 Å². The summed E-state index contributed by atoms with van der Waals surface area (Å²) in [6.45, 7) is 1.74. The van der Waals surface area contributed by atoms with Crippen LogP contribution in [-0.4, -0.2) is 43.1 Å². The summed E-state index contributed by atoms with van der Waals surface area (Å²) in [5, 5.41) is 0. The zero-order valence-corrected chi connectivity index (χ0v) is 17.6. The molecule has 0 amide bonds. The minimum Gasteiger partial charge on any atom is -0.369 e. The topological polar surface area (TPSA) is 84.5 Å². The summed E-state index contributed by atoms with van der Waals surface area (Å²) in [7, 11) is -1.10. The SMILES string of the molecule is C=S1(=O)C[C@@](C)(c2sc(-c3ccnc(-c4cccnc4)c3)cc2F)N=C(N)N1C. The van der Waals surface area contributed by atoms with E-state index in [1.165, 1.54) is 21.7 Å². The lowest BCUT2D eigenvalue weighted by Crippen LogP contribution is -2.50. The van der Waals surface area contributed by atoms with Crippen molar-refractivity contribution in [1.29, 1.82) is 0 Å². The van der Waals surface area contributed by atoms with Gasteiger partial charge in [-0.3, -0.25) is 14.3 Å². The molecular formula is C20H20FN5OS2. The first-order valence-electron chi connectivity index (χ1n) is 8.80. The van der Waals surface area contributed by atoms with Crippen molar-refractivity contribution in [3.05, 3.63) is 59.6 Å². The van der Waals surface area contributed by atoms with Crippen LogP contribution in [-0.2, 0) is 15.2 Å². The Labute approximate surface area is 173 Å². The number of hydrogen-bond donors (Lipinski definition) is 1. The van der Waals surface area contributed by atoms with Gasteiger partial charge in [0.25, 0.3) is 0 Å². The summed E-state index contributed by atoms with van der Waals surface area (Å²) in [6, 6.07) is 8.95. The normalized spacial score (nSPS) is 24.4. The van der Waals surface area contributed by atoms with E-state index in [4.69, 9.17) is 5.73 Å². The summed E-state index contributed by atoms with van der Waals surface area (Å²) < 4.78 is 29.2. The highest BCUT2D eigenvalue weighted by Crippen LogP contribution is 2.41. The molecule has 6 nitrogen and oxygen atoms in total. The molecule has 0 aliphatic carbocycles. The molecule has 0 spiro atoms. The molecule has 4 heterocycles. The molecule has 9 heteroatoms. The van der Waals surface area contributed by atoms with E-state index in [0.29, 0.717) is 4.88 Å². The van der Waals surface area contributed by atoms with Crippen LogP contribution < -0.4 is 5.73 Å². The Morgan fingerprint density at radius 3 is 2.79 bits per heavy atom. The maximum atomic E-state index is 15.0. The number of nitrogens with two attached hydrogens (primary N) is 1. The first kappa shape index (κ1) is 19.5. The molecule has 0 fully saturated rings. The van der Waals surface area contributed by atoms with Gasteiger partial charge in [0.1, 0.15) is 11.4 Å². The van der Waals surface area contributed by atoms with Gasteiger partial charge in [-0.25, -0.2) is 13.6 Å². The van der Waals surface area contributed by atoms with Crippen LogP contribution in [0.1, 0.15) is 11.8 Å². The molecular weight excluding hydrogens is 409 g/mol. The number of halogens is 1. The Morgan fingerprint density at radius 1 is 1.31 bits per heavy atom. The van der Waals surface area contributed by atoms with Crippen LogP contribution in [0.15, 0.2) is 53.9 Å². The highest BCUT2D eigenvalue weighted by atomic mass is 32.2. The quantitative estimate of drug-likeness (QED) is 0.649. The van der Waals surface area contributed by atoms with Crippen LogP contribution in [0.2, 0.25) is 0 Å². The van der Waals surface area contributed by atoms with Crippen LogP contribution in [0.25, 0.3) is 21.7 Å². The highest BCUT2D eigenvalue weighted by molar-refractivity contribution is 7.98. The Kier molecular flexibility index (Phi) is 4.66. The summed E-state index contributed by atoms with van der Waals surface area (Å²) in [5.74, 6) is 3.57. The molecule has 3 aromatic heterocycles. The fourth-order valence-electron chi connectivity index (χ4n) is 3.31.